The van der Waals surface area contributed by atoms with Crippen LogP contribution in [0, 0.1) is 55.4 Å². The van der Waals surface area contributed by atoms with Gasteiger partial charge in [-0.3, -0.25) is 0 Å². The zero-order chi connectivity index (χ0) is 42.3. The maximum Gasteiger partial charge on any atom is 0.0619 e. The van der Waals surface area contributed by atoms with E-state index in [1.807, 2.05) is 0 Å². The van der Waals surface area contributed by atoms with E-state index in [1.165, 1.54) is 154 Å². The molecule has 2 nitrogen and oxygen atoms in total. The smallest absolute Gasteiger partial charge is 0.0619 e. The monoisotopic (exact) mass is 796 g/mol. The molecule has 0 fully saturated rings. The molecule has 0 heterocycles. The summed E-state index contributed by atoms with van der Waals surface area (Å²) in [5.41, 5.74) is 17.4. The van der Waals surface area contributed by atoms with Crippen LogP contribution in [0.4, 0.5) is 34.1 Å². The van der Waals surface area contributed by atoms with Crippen molar-refractivity contribution >= 4 is 110 Å². The standard InChI is InChI=1S/C60H48N2/c1-33-21-25-49(37(5)29-33)61(50-26-22-34(2)30-38(50)6)59-45-17-9-13-41-43-15-11-19-47-55(43)58-56-44(42-14-10-18-46(59)54(42)57(58)53(41)45)16-12-20-48(56)60(47)62(51-27-23-35(3)31-39(51)7)52-28-24-36(4)32-40(52)8/h9-32H,1-8H3. The van der Waals surface area contributed by atoms with Gasteiger partial charge in [0.1, 0.15) is 0 Å². The van der Waals surface area contributed by atoms with Crippen LogP contribution in [0.3, 0.4) is 0 Å². The number of nitrogens with zero attached hydrogens (tertiary/aromatic N) is 2. The Morgan fingerprint density at radius 1 is 0.242 bits per heavy atom. The van der Waals surface area contributed by atoms with E-state index in [4.69, 9.17) is 0 Å². The summed E-state index contributed by atoms with van der Waals surface area (Å²) in [5, 5.41) is 18.4. The largest absolute Gasteiger partial charge is 0.309 e. The number of rotatable bonds is 6. The van der Waals surface area contributed by atoms with E-state index < -0.39 is 0 Å². The SMILES string of the molecule is Cc1ccc(N(c2ccc(C)cc2C)c2c3cccc4c5cccc6c(N(c7ccc(C)cc7C)c7ccc(C)cc7C)c7cccc8c9cccc2c9c(c34)c(c65)c78)c(C)c1. The van der Waals surface area contributed by atoms with Crippen LogP contribution in [0.2, 0.25) is 0 Å². The number of fused-ring (bicyclic) bond motifs is 2. The molecule has 0 aromatic heterocycles. The first kappa shape index (κ1) is 36.7. The fourth-order valence-electron chi connectivity index (χ4n) is 11.5. The van der Waals surface area contributed by atoms with Gasteiger partial charge in [-0.15, -0.1) is 0 Å². The van der Waals surface area contributed by atoms with Gasteiger partial charge in [-0.25, -0.2) is 0 Å². The van der Waals surface area contributed by atoms with Crippen molar-refractivity contribution in [2.75, 3.05) is 9.80 Å². The van der Waals surface area contributed by atoms with Crippen LogP contribution >= 0.6 is 0 Å². The third-order valence-electron chi connectivity index (χ3n) is 13.9. The first-order chi connectivity index (χ1) is 30.1. The minimum absolute atomic E-state index is 1.20. The molecule has 0 saturated heterocycles. The van der Waals surface area contributed by atoms with Gasteiger partial charge in [0, 0.05) is 76.6 Å². The second kappa shape index (κ2) is 13.2. The molecule has 12 aromatic carbocycles. The van der Waals surface area contributed by atoms with Gasteiger partial charge in [-0.1, -0.05) is 144 Å². The molecular formula is C60H48N2. The van der Waals surface area contributed by atoms with Gasteiger partial charge < -0.3 is 9.80 Å². The minimum atomic E-state index is 1.20. The first-order valence-electron chi connectivity index (χ1n) is 22.0. The fraction of sp³-hybridized carbons (Fsp3) is 0.133. The van der Waals surface area contributed by atoms with Crippen LogP contribution < -0.4 is 9.80 Å². The Hall–Kier alpha value is -7.16. The lowest BCUT2D eigenvalue weighted by Crippen LogP contribution is -2.15. The van der Waals surface area contributed by atoms with Gasteiger partial charge in [0.15, 0.2) is 0 Å². The lowest BCUT2D eigenvalue weighted by molar-refractivity contribution is 1.22. The molecule has 2 heteroatoms. The van der Waals surface area contributed by atoms with Crippen molar-refractivity contribution < 1.29 is 0 Å². The van der Waals surface area contributed by atoms with Crippen LogP contribution in [0.25, 0.3) is 75.4 Å². The predicted octanol–water partition coefficient (Wildman–Crippen LogP) is 17.5. The van der Waals surface area contributed by atoms with Gasteiger partial charge in [-0.05, 0) is 123 Å². The molecule has 0 saturated carbocycles. The highest BCUT2D eigenvalue weighted by Crippen LogP contribution is 2.58. The highest BCUT2D eigenvalue weighted by atomic mass is 15.2. The molecule has 0 aliphatic rings. The maximum atomic E-state index is 2.58. The molecule has 62 heavy (non-hydrogen) atoms. The number of anilines is 6. The summed E-state index contributed by atoms with van der Waals surface area (Å²) in [7, 11) is 0. The van der Waals surface area contributed by atoms with Crippen molar-refractivity contribution in [3.63, 3.8) is 0 Å². The van der Waals surface area contributed by atoms with E-state index >= 15 is 0 Å². The van der Waals surface area contributed by atoms with Crippen molar-refractivity contribution in [3.8, 4) is 0 Å². The Kier molecular flexibility index (Phi) is 7.79. The molecule has 12 rings (SSSR count). The number of aryl methyl sites for hydroxylation is 8. The van der Waals surface area contributed by atoms with Crippen molar-refractivity contribution in [2.45, 2.75) is 55.4 Å². The zero-order valence-corrected chi connectivity index (χ0v) is 36.8. The average Bonchev–Trinajstić information content (AvgIpc) is 3.25. The third kappa shape index (κ3) is 4.98. The minimum Gasteiger partial charge on any atom is -0.309 e. The summed E-state index contributed by atoms with van der Waals surface area (Å²) >= 11 is 0. The lowest BCUT2D eigenvalue weighted by atomic mass is 9.79. The summed E-state index contributed by atoms with van der Waals surface area (Å²) in [6.45, 7) is 17.8. The van der Waals surface area contributed by atoms with Gasteiger partial charge in [0.2, 0.25) is 0 Å². The molecule has 0 atom stereocenters. The highest BCUT2D eigenvalue weighted by Gasteiger charge is 2.31. The second-order valence-electron chi connectivity index (χ2n) is 18.2. The molecule has 12 aromatic rings. The summed E-state index contributed by atoms with van der Waals surface area (Å²) in [6.07, 6.45) is 0. The second-order valence-corrected chi connectivity index (χ2v) is 18.2. The van der Waals surface area contributed by atoms with Crippen molar-refractivity contribution in [1.29, 1.82) is 0 Å². The Bertz CT molecular complexity index is 3310. The van der Waals surface area contributed by atoms with Crippen molar-refractivity contribution in [3.05, 3.63) is 190 Å². The van der Waals surface area contributed by atoms with Gasteiger partial charge in [-0.2, -0.15) is 0 Å². The maximum absolute atomic E-state index is 2.58. The molecule has 0 radical (unpaired) electrons. The quantitative estimate of drug-likeness (QED) is 0.122. The molecule has 0 aliphatic carbocycles. The summed E-state index contributed by atoms with van der Waals surface area (Å²) in [6, 6.07) is 55.9. The number of hydrogen-bond donors (Lipinski definition) is 0. The van der Waals surface area contributed by atoms with E-state index in [-0.39, 0.29) is 0 Å². The van der Waals surface area contributed by atoms with Crippen LogP contribution in [-0.4, -0.2) is 0 Å². The van der Waals surface area contributed by atoms with Crippen LogP contribution in [0.5, 0.6) is 0 Å². The first-order valence-corrected chi connectivity index (χ1v) is 22.0. The molecule has 0 unspecified atom stereocenters. The Balaban J connectivity index is 1.31. The van der Waals surface area contributed by atoms with Crippen LogP contribution in [0.1, 0.15) is 44.5 Å². The highest BCUT2D eigenvalue weighted by molar-refractivity contribution is 6.51. The van der Waals surface area contributed by atoms with Crippen LogP contribution in [-0.2, 0) is 0 Å². The summed E-state index contributed by atoms with van der Waals surface area (Å²) in [5.74, 6) is 0. The normalized spacial score (nSPS) is 12.2. The predicted molar refractivity (Wildman–Crippen MR) is 270 cm³/mol. The molecule has 0 aliphatic heterocycles. The van der Waals surface area contributed by atoms with E-state index in [2.05, 4.69) is 211 Å². The van der Waals surface area contributed by atoms with Gasteiger partial charge >= 0.3 is 0 Å². The van der Waals surface area contributed by atoms with E-state index in [1.54, 1.807) is 0 Å². The summed E-state index contributed by atoms with van der Waals surface area (Å²) in [4.78, 5) is 5.15. The number of benzene rings is 12. The molecule has 298 valence electrons. The lowest BCUT2D eigenvalue weighted by Gasteiger charge is -2.34. The molecule has 0 spiro atoms. The molecule has 0 bridgehead atoms. The van der Waals surface area contributed by atoms with E-state index in [0.29, 0.717) is 0 Å². The van der Waals surface area contributed by atoms with Crippen molar-refractivity contribution in [2.24, 2.45) is 0 Å². The molecule has 0 N–H and O–H groups in total. The molecular weight excluding hydrogens is 749 g/mol. The Labute approximate surface area is 363 Å². The topological polar surface area (TPSA) is 6.48 Å². The fourth-order valence-corrected chi connectivity index (χ4v) is 11.5. The van der Waals surface area contributed by atoms with Gasteiger partial charge in [0.05, 0.1) is 11.4 Å². The summed E-state index contributed by atoms with van der Waals surface area (Å²) < 4.78 is 0. The van der Waals surface area contributed by atoms with E-state index in [0.717, 1.165) is 0 Å². The third-order valence-corrected chi connectivity index (χ3v) is 13.9. The van der Waals surface area contributed by atoms with Crippen LogP contribution in [0.15, 0.2) is 146 Å². The average molecular weight is 797 g/mol. The van der Waals surface area contributed by atoms with Gasteiger partial charge in [0.25, 0.3) is 0 Å². The number of hydrogen-bond acceptors (Lipinski definition) is 2. The van der Waals surface area contributed by atoms with Crippen molar-refractivity contribution in [1.82, 2.24) is 0 Å². The zero-order valence-electron chi connectivity index (χ0n) is 36.8. The van der Waals surface area contributed by atoms with E-state index in [9.17, 15) is 0 Å². The Morgan fingerprint density at radius 3 is 0.694 bits per heavy atom. The molecule has 0 amide bonds. The Morgan fingerprint density at radius 2 is 0.468 bits per heavy atom.